The first-order valence-electron chi connectivity index (χ1n) is 4.14. The molecule has 0 rings (SSSR count). The van der Waals surface area contributed by atoms with Crippen molar-refractivity contribution in [1.29, 1.82) is 0 Å². The van der Waals surface area contributed by atoms with Gasteiger partial charge in [-0.25, -0.2) is 0 Å². The Morgan fingerprint density at radius 1 is 1.36 bits per heavy atom. The summed E-state index contributed by atoms with van der Waals surface area (Å²) in [6.45, 7) is 7.52. The van der Waals surface area contributed by atoms with E-state index in [1.165, 1.54) is 0 Å². The molecule has 0 bridgehead atoms. The average molecular weight is 328 g/mol. The zero-order valence-corrected chi connectivity index (χ0v) is 8.46. The third-order valence-electron chi connectivity index (χ3n) is 1.82. The molecule has 14 heavy (non-hydrogen) atoms. The Kier molecular flexibility index (Phi) is 8.34. The van der Waals surface area contributed by atoms with Crippen molar-refractivity contribution in [3.8, 4) is 0 Å². The second kappa shape index (κ2) is 6.90. The van der Waals surface area contributed by atoms with Gasteiger partial charge in [-0.1, -0.05) is 20.8 Å². The minimum atomic E-state index is -1.16. The molecule has 0 saturated carbocycles. The third-order valence-corrected chi connectivity index (χ3v) is 1.82. The minimum absolute atomic E-state index is 0. The van der Waals surface area contributed by atoms with Gasteiger partial charge in [-0.2, -0.15) is 0 Å². The monoisotopic (exact) mass is 328 g/mol. The van der Waals surface area contributed by atoms with Crippen molar-refractivity contribution in [2.45, 2.75) is 40.2 Å². The number of rotatable bonds is 3. The molecule has 0 aliphatic heterocycles. The number of carbonyl (C=O) groups is 2. The molecule has 0 aliphatic carbocycles. The second-order valence-corrected chi connectivity index (χ2v) is 4.07. The van der Waals surface area contributed by atoms with Crippen molar-refractivity contribution < 1.29 is 19.4 Å². The predicted octanol–water partition coefficient (Wildman–Crippen LogP) is 0.523. The Hall–Kier alpha value is 0.511. The Bertz CT molecular complexity index is 207. The van der Waals surface area contributed by atoms with Gasteiger partial charge < -0.3 is 9.84 Å². The Labute approximate surface area is 124 Å². The van der Waals surface area contributed by atoms with Crippen LogP contribution in [0.1, 0.15) is 34.1 Å². The van der Waals surface area contributed by atoms with Gasteiger partial charge in [-0.05, 0) is 12.3 Å². The van der Waals surface area contributed by atoms with Crippen molar-refractivity contribution in [2.24, 2.45) is 5.41 Å². The van der Waals surface area contributed by atoms with Gasteiger partial charge in [0.25, 0.3) is 0 Å². The fourth-order valence-electron chi connectivity index (χ4n) is 0.539. The molecule has 1 N–H and O–H groups in total. The zero-order chi connectivity index (χ0) is 10.6. The Balaban J connectivity index is 0. The summed E-state index contributed by atoms with van der Waals surface area (Å²) in [6.07, 6.45) is -0.847. The van der Waals surface area contributed by atoms with E-state index < -0.39 is 18.4 Å². The molecule has 1 unspecified atom stereocenters. The summed E-state index contributed by atoms with van der Waals surface area (Å²) in [4.78, 5) is 21.0. The first-order chi connectivity index (χ1) is 5.73. The molecule has 4 nitrogen and oxygen atoms in total. The number of esters is 1. The number of hydrogen-bond acceptors (Lipinski definition) is 3. The van der Waals surface area contributed by atoms with Gasteiger partial charge >= 0.3 is 60.8 Å². The number of aliphatic carboxylic acids is 1. The Morgan fingerprint density at radius 3 is 2.07 bits per heavy atom. The standard InChI is InChI=1S/C9H16O4.Ba.2H/c1-6(9(2,3)4)13-8(12)5-7(10)11;;;/h6H,5H2,1-4H3,(H,10,11);;;. The summed E-state index contributed by atoms with van der Waals surface area (Å²) in [7, 11) is 0. The van der Waals surface area contributed by atoms with Gasteiger partial charge in [0.2, 0.25) is 0 Å². The van der Waals surface area contributed by atoms with Crippen molar-refractivity contribution in [2.75, 3.05) is 0 Å². The molecular weight excluding hydrogens is 309 g/mol. The summed E-state index contributed by atoms with van der Waals surface area (Å²) in [5.41, 5.74) is -0.159. The molecule has 0 radical (unpaired) electrons. The van der Waals surface area contributed by atoms with Crippen LogP contribution in [0.4, 0.5) is 0 Å². The normalized spacial score (nSPS) is 12.6. The van der Waals surface area contributed by atoms with Crippen LogP contribution in [0.15, 0.2) is 0 Å². The van der Waals surface area contributed by atoms with Crippen LogP contribution in [0.5, 0.6) is 0 Å². The SMILES string of the molecule is CC(OC(=O)CC(=O)O)C(C)(C)C.[BaH2]. The maximum atomic E-state index is 10.9. The molecule has 0 saturated heterocycles. The van der Waals surface area contributed by atoms with Gasteiger partial charge in [-0.3, -0.25) is 9.59 Å². The molecular formula is C9H18BaO4. The summed E-state index contributed by atoms with van der Waals surface area (Å²) >= 11 is 0. The molecule has 80 valence electrons. The van der Waals surface area contributed by atoms with Gasteiger partial charge in [0, 0.05) is 0 Å². The molecule has 0 aromatic carbocycles. The van der Waals surface area contributed by atoms with E-state index in [1.807, 2.05) is 20.8 Å². The summed E-state index contributed by atoms with van der Waals surface area (Å²) in [5, 5.41) is 8.30. The van der Waals surface area contributed by atoms with Crippen LogP contribution < -0.4 is 0 Å². The predicted molar refractivity (Wildman–Crippen MR) is 55.8 cm³/mol. The number of ether oxygens (including phenoxy) is 1. The van der Waals surface area contributed by atoms with E-state index in [9.17, 15) is 9.59 Å². The Morgan fingerprint density at radius 2 is 1.79 bits per heavy atom. The second-order valence-electron chi connectivity index (χ2n) is 4.07. The third kappa shape index (κ3) is 7.87. The summed E-state index contributed by atoms with van der Waals surface area (Å²) < 4.78 is 4.91. The van der Waals surface area contributed by atoms with Gasteiger partial charge in [-0.15, -0.1) is 0 Å². The van der Waals surface area contributed by atoms with Crippen molar-refractivity contribution in [3.63, 3.8) is 0 Å². The number of carboxylic acids is 1. The number of hydrogen-bond donors (Lipinski definition) is 1. The summed E-state index contributed by atoms with van der Waals surface area (Å²) in [5.74, 6) is -1.85. The summed E-state index contributed by atoms with van der Waals surface area (Å²) in [6, 6.07) is 0. The average Bonchev–Trinajstić information content (AvgIpc) is 1.82. The maximum absolute atomic E-state index is 10.9. The van der Waals surface area contributed by atoms with E-state index in [0.29, 0.717) is 0 Å². The fourth-order valence-corrected chi connectivity index (χ4v) is 0.539. The van der Waals surface area contributed by atoms with Crippen LogP contribution in [0.2, 0.25) is 0 Å². The van der Waals surface area contributed by atoms with E-state index in [-0.39, 0.29) is 60.4 Å². The molecule has 5 heteroatoms. The molecule has 0 heterocycles. The number of carboxylic acid groups (broad SMARTS) is 1. The van der Waals surface area contributed by atoms with Crippen molar-refractivity contribution in [1.82, 2.24) is 0 Å². The molecule has 0 aromatic heterocycles. The molecule has 1 atom stereocenters. The van der Waals surface area contributed by atoms with E-state index in [2.05, 4.69) is 0 Å². The molecule has 0 amide bonds. The van der Waals surface area contributed by atoms with E-state index >= 15 is 0 Å². The van der Waals surface area contributed by atoms with Crippen LogP contribution in [0.3, 0.4) is 0 Å². The molecule has 0 aliphatic rings. The molecule has 0 aromatic rings. The van der Waals surface area contributed by atoms with Gasteiger partial charge in [0.05, 0.1) is 0 Å². The van der Waals surface area contributed by atoms with Crippen molar-refractivity contribution in [3.05, 3.63) is 0 Å². The molecule has 0 fully saturated rings. The zero-order valence-electron chi connectivity index (χ0n) is 8.46. The van der Waals surface area contributed by atoms with Crippen LogP contribution >= 0.6 is 0 Å². The number of carbonyl (C=O) groups excluding carboxylic acids is 1. The van der Waals surface area contributed by atoms with Crippen LogP contribution in [0.25, 0.3) is 0 Å². The van der Waals surface area contributed by atoms with E-state index in [1.54, 1.807) is 6.92 Å². The van der Waals surface area contributed by atoms with Gasteiger partial charge in [0.1, 0.15) is 12.5 Å². The first kappa shape index (κ1) is 16.9. The van der Waals surface area contributed by atoms with Crippen LogP contribution in [0, 0.1) is 5.41 Å². The van der Waals surface area contributed by atoms with E-state index in [4.69, 9.17) is 9.84 Å². The quantitative estimate of drug-likeness (QED) is 0.466. The molecule has 0 spiro atoms. The first-order valence-corrected chi connectivity index (χ1v) is 4.14. The van der Waals surface area contributed by atoms with Gasteiger partial charge in [0.15, 0.2) is 0 Å². The van der Waals surface area contributed by atoms with Crippen molar-refractivity contribution >= 4 is 60.8 Å². The topological polar surface area (TPSA) is 63.6 Å². The van der Waals surface area contributed by atoms with E-state index in [0.717, 1.165) is 0 Å². The fraction of sp³-hybridized carbons (Fsp3) is 0.778. The van der Waals surface area contributed by atoms with Crippen LogP contribution in [-0.4, -0.2) is 72.0 Å². The van der Waals surface area contributed by atoms with Crippen LogP contribution in [-0.2, 0) is 14.3 Å².